The molecule has 0 atom stereocenters. The Labute approximate surface area is 104 Å². The van der Waals surface area contributed by atoms with Gasteiger partial charge in [-0.05, 0) is 12.1 Å². The van der Waals surface area contributed by atoms with E-state index in [9.17, 15) is 0 Å². The summed E-state index contributed by atoms with van der Waals surface area (Å²) in [4.78, 5) is 4.55. The number of aromatic nitrogens is 2. The van der Waals surface area contributed by atoms with Crippen LogP contribution in [0.3, 0.4) is 0 Å². The van der Waals surface area contributed by atoms with E-state index in [1.165, 1.54) is 0 Å². The summed E-state index contributed by atoms with van der Waals surface area (Å²) >= 11 is 0. The van der Waals surface area contributed by atoms with Crippen LogP contribution in [0.5, 0.6) is 0 Å². The molecule has 0 radical (unpaired) electrons. The molecule has 0 saturated heterocycles. The molecule has 3 heteroatoms. The fourth-order valence-corrected chi connectivity index (χ4v) is 1.68. The van der Waals surface area contributed by atoms with E-state index >= 15 is 0 Å². The number of halogens is 1. The molecular weight excluding hydrogens is 264 g/mol. The van der Waals surface area contributed by atoms with Crippen molar-refractivity contribution in [2.75, 3.05) is 0 Å². The highest BCUT2D eigenvalue weighted by molar-refractivity contribution is 8.93. The Kier molecular flexibility index (Phi) is 3.06. The van der Waals surface area contributed by atoms with Crippen LogP contribution in [0.2, 0.25) is 0 Å². The van der Waals surface area contributed by atoms with Crippen LogP contribution in [0.15, 0.2) is 60.9 Å². The first-order valence-electron chi connectivity index (χ1n) is 4.93. The third-order valence-corrected chi connectivity index (χ3v) is 2.43. The Morgan fingerprint density at radius 3 is 2.38 bits per heavy atom. The van der Waals surface area contributed by atoms with Crippen LogP contribution in [0.4, 0.5) is 0 Å². The van der Waals surface area contributed by atoms with Crippen LogP contribution in [-0.4, -0.2) is 9.38 Å². The molecule has 0 aliphatic rings. The maximum Gasteiger partial charge on any atom is 0.137 e. The lowest BCUT2D eigenvalue weighted by molar-refractivity contribution is 1.19. The average Bonchev–Trinajstić information content (AvgIpc) is 2.74. The molecule has 0 aliphatic heterocycles. The lowest BCUT2D eigenvalue weighted by Crippen LogP contribution is -1.77. The van der Waals surface area contributed by atoms with Crippen molar-refractivity contribution in [2.45, 2.75) is 0 Å². The van der Waals surface area contributed by atoms with Crippen LogP contribution in [0, 0.1) is 0 Å². The summed E-state index contributed by atoms with van der Waals surface area (Å²) in [6.07, 6.45) is 4.06. The van der Waals surface area contributed by atoms with Gasteiger partial charge in [0.2, 0.25) is 0 Å². The minimum Gasteiger partial charge on any atom is -0.306 e. The topological polar surface area (TPSA) is 17.3 Å². The van der Waals surface area contributed by atoms with Gasteiger partial charge in [0.15, 0.2) is 0 Å². The van der Waals surface area contributed by atoms with E-state index in [4.69, 9.17) is 0 Å². The summed E-state index contributed by atoms with van der Waals surface area (Å²) in [6.45, 7) is 0. The first kappa shape index (κ1) is 10.9. The van der Waals surface area contributed by atoms with Crippen molar-refractivity contribution in [3.8, 4) is 11.3 Å². The van der Waals surface area contributed by atoms with Gasteiger partial charge in [-0.15, -0.1) is 17.0 Å². The van der Waals surface area contributed by atoms with Crippen molar-refractivity contribution in [3.05, 3.63) is 60.9 Å². The molecular formula is C13H11BrN2. The van der Waals surface area contributed by atoms with Crippen molar-refractivity contribution in [1.29, 1.82) is 0 Å². The van der Waals surface area contributed by atoms with Crippen LogP contribution in [-0.2, 0) is 0 Å². The number of hydrogen-bond donors (Lipinski definition) is 0. The molecule has 0 spiro atoms. The number of pyridine rings is 1. The quantitative estimate of drug-likeness (QED) is 0.663. The third kappa shape index (κ3) is 1.86. The first-order chi connectivity index (χ1) is 7.43. The van der Waals surface area contributed by atoms with Crippen molar-refractivity contribution in [2.24, 2.45) is 0 Å². The second kappa shape index (κ2) is 4.49. The van der Waals surface area contributed by atoms with Crippen LogP contribution in [0.1, 0.15) is 0 Å². The number of hydrogen-bond acceptors (Lipinski definition) is 1. The van der Waals surface area contributed by atoms with Gasteiger partial charge in [0, 0.05) is 18.0 Å². The Morgan fingerprint density at radius 1 is 0.875 bits per heavy atom. The molecule has 0 fully saturated rings. The number of imidazole rings is 1. The van der Waals surface area contributed by atoms with E-state index in [-0.39, 0.29) is 17.0 Å². The maximum atomic E-state index is 4.55. The normalized spacial score (nSPS) is 10.0. The fraction of sp³-hybridized carbons (Fsp3) is 0. The van der Waals surface area contributed by atoms with Crippen LogP contribution < -0.4 is 0 Å². The molecule has 3 rings (SSSR count). The molecule has 0 unspecified atom stereocenters. The Hall–Kier alpha value is -1.61. The summed E-state index contributed by atoms with van der Waals surface area (Å²) in [5.41, 5.74) is 3.15. The van der Waals surface area contributed by atoms with Crippen molar-refractivity contribution in [3.63, 3.8) is 0 Å². The molecule has 80 valence electrons. The minimum atomic E-state index is 0. The predicted octanol–water partition coefficient (Wildman–Crippen LogP) is 3.58. The molecule has 3 aromatic rings. The predicted molar refractivity (Wildman–Crippen MR) is 71.0 cm³/mol. The highest BCUT2D eigenvalue weighted by Crippen LogP contribution is 2.17. The summed E-state index contributed by atoms with van der Waals surface area (Å²) in [5.74, 6) is 0. The zero-order valence-electron chi connectivity index (χ0n) is 8.58. The number of rotatable bonds is 1. The molecule has 16 heavy (non-hydrogen) atoms. The van der Waals surface area contributed by atoms with E-state index < -0.39 is 0 Å². The Bertz CT molecular complexity index is 554. The maximum absolute atomic E-state index is 4.55. The van der Waals surface area contributed by atoms with Crippen molar-refractivity contribution >= 4 is 22.6 Å². The Balaban J connectivity index is 0.000000963. The van der Waals surface area contributed by atoms with Crippen LogP contribution in [0.25, 0.3) is 16.9 Å². The average molecular weight is 275 g/mol. The monoisotopic (exact) mass is 274 g/mol. The molecule has 2 aromatic heterocycles. The minimum absolute atomic E-state index is 0. The lowest BCUT2D eigenvalue weighted by Gasteiger charge is -1.92. The first-order valence-corrected chi connectivity index (χ1v) is 4.93. The second-order valence-corrected chi connectivity index (χ2v) is 3.46. The van der Waals surface area contributed by atoms with Gasteiger partial charge in [-0.1, -0.05) is 36.4 Å². The molecule has 0 bridgehead atoms. The zero-order valence-corrected chi connectivity index (χ0v) is 10.3. The van der Waals surface area contributed by atoms with Crippen LogP contribution >= 0.6 is 17.0 Å². The molecule has 2 nitrogen and oxygen atoms in total. The van der Waals surface area contributed by atoms with E-state index in [0.717, 1.165) is 16.9 Å². The highest BCUT2D eigenvalue weighted by atomic mass is 79.9. The van der Waals surface area contributed by atoms with E-state index in [2.05, 4.69) is 17.1 Å². The lowest BCUT2D eigenvalue weighted by atomic mass is 10.2. The van der Waals surface area contributed by atoms with Gasteiger partial charge < -0.3 is 4.40 Å². The van der Waals surface area contributed by atoms with Gasteiger partial charge in [-0.2, -0.15) is 0 Å². The Morgan fingerprint density at radius 2 is 1.62 bits per heavy atom. The number of nitrogens with zero attached hydrogens (tertiary/aromatic N) is 2. The smallest absolute Gasteiger partial charge is 0.137 e. The third-order valence-electron chi connectivity index (χ3n) is 2.43. The molecule has 0 amide bonds. The van der Waals surface area contributed by atoms with Gasteiger partial charge in [-0.25, -0.2) is 4.98 Å². The summed E-state index contributed by atoms with van der Waals surface area (Å²) in [6, 6.07) is 16.2. The summed E-state index contributed by atoms with van der Waals surface area (Å²) in [5, 5.41) is 0. The van der Waals surface area contributed by atoms with Crippen molar-refractivity contribution < 1.29 is 0 Å². The van der Waals surface area contributed by atoms with Gasteiger partial charge >= 0.3 is 0 Å². The molecule has 0 N–H and O–H groups in total. The van der Waals surface area contributed by atoms with E-state index in [1.54, 1.807) is 0 Å². The largest absolute Gasteiger partial charge is 0.306 e. The number of benzene rings is 1. The van der Waals surface area contributed by atoms with Gasteiger partial charge in [0.1, 0.15) is 5.65 Å². The van der Waals surface area contributed by atoms with Crippen molar-refractivity contribution in [1.82, 2.24) is 9.38 Å². The number of fused-ring (bicyclic) bond motifs is 1. The molecule has 0 saturated carbocycles. The summed E-state index contributed by atoms with van der Waals surface area (Å²) < 4.78 is 2.03. The molecule has 0 aliphatic carbocycles. The fourth-order valence-electron chi connectivity index (χ4n) is 1.68. The standard InChI is InChI=1S/C13H10N2.BrH/c1-2-6-11(7-3-1)12-10-15-9-5-4-8-13(15)14-12;/h1-10H;1H. The summed E-state index contributed by atoms with van der Waals surface area (Å²) in [7, 11) is 0. The van der Waals surface area contributed by atoms with Gasteiger partial charge in [0.25, 0.3) is 0 Å². The SMILES string of the molecule is Br.c1ccc(-c2cn3ccccc3n2)cc1. The second-order valence-electron chi connectivity index (χ2n) is 3.46. The van der Waals surface area contributed by atoms with E-state index in [1.807, 2.05) is 53.2 Å². The van der Waals surface area contributed by atoms with E-state index in [0.29, 0.717) is 0 Å². The molecule has 2 heterocycles. The molecule has 1 aromatic carbocycles. The zero-order chi connectivity index (χ0) is 10.1. The van der Waals surface area contributed by atoms with Gasteiger partial charge in [0.05, 0.1) is 5.69 Å². The highest BCUT2D eigenvalue weighted by Gasteiger charge is 2.01. The van der Waals surface area contributed by atoms with Gasteiger partial charge in [-0.3, -0.25) is 0 Å².